The number of furan rings is 1. The zero-order valence-corrected chi connectivity index (χ0v) is 13.4. The van der Waals surface area contributed by atoms with E-state index in [1.807, 2.05) is 0 Å². The van der Waals surface area contributed by atoms with Gasteiger partial charge in [-0.1, -0.05) is 12.1 Å². The van der Waals surface area contributed by atoms with E-state index in [0.717, 1.165) is 0 Å². The number of carbonyl (C=O) groups excluding carboxylic acids is 4. The molecule has 2 amide bonds. The summed E-state index contributed by atoms with van der Waals surface area (Å²) in [6.07, 6.45) is 1.33. The third kappa shape index (κ3) is 5.31. The molecule has 130 valence electrons. The van der Waals surface area contributed by atoms with E-state index in [9.17, 15) is 19.2 Å². The normalized spacial score (nSPS) is 9.96. The van der Waals surface area contributed by atoms with Crippen LogP contribution >= 0.6 is 0 Å². The molecule has 0 saturated heterocycles. The van der Waals surface area contributed by atoms with Gasteiger partial charge in [-0.05, 0) is 31.2 Å². The van der Waals surface area contributed by atoms with Crippen LogP contribution in [0.2, 0.25) is 0 Å². The maximum atomic E-state index is 11.8. The number of carbonyl (C=O) groups is 4. The molecule has 0 bridgehead atoms. The van der Waals surface area contributed by atoms with Crippen LogP contribution in [-0.2, 0) is 14.3 Å². The van der Waals surface area contributed by atoms with Crippen molar-refractivity contribution in [3.63, 3.8) is 0 Å². The number of para-hydroxylation sites is 1. The zero-order chi connectivity index (χ0) is 18.2. The molecule has 8 heteroatoms. The average Bonchev–Trinajstić information content (AvgIpc) is 3.13. The fourth-order valence-electron chi connectivity index (χ4n) is 1.93. The second kappa shape index (κ2) is 8.44. The van der Waals surface area contributed by atoms with Crippen LogP contribution in [0, 0.1) is 0 Å². The Kier molecular flexibility index (Phi) is 6.05. The summed E-state index contributed by atoms with van der Waals surface area (Å²) in [7, 11) is 0. The molecule has 1 aromatic heterocycles. The van der Waals surface area contributed by atoms with Crippen molar-refractivity contribution in [1.82, 2.24) is 5.32 Å². The minimum atomic E-state index is -0.782. The number of esters is 1. The summed E-state index contributed by atoms with van der Waals surface area (Å²) >= 11 is 0. The number of anilines is 1. The summed E-state index contributed by atoms with van der Waals surface area (Å²) in [5.41, 5.74) is 0.690. The molecule has 0 saturated carbocycles. The maximum absolute atomic E-state index is 11.8. The Morgan fingerprint density at radius 3 is 2.52 bits per heavy atom. The molecule has 0 aliphatic rings. The van der Waals surface area contributed by atoms with Gasteiger partial charge in [0.2, 0.25) is 0 Å². The molecule has 25 heavy (non-hydrogen) atoms. The molecule has 0 aliphatic carbocycles. The molecule has 0 atom stereocenters. The van der Waals surface area contributed by atoms with Gasteiger partial charge in [0, 0.05) is 5.56 Å². The van der Waals surface area contributed by atoms with Crippen molar-refractivity contribution in [2.24, 2.45) is 0 Å². The van der Waals surface area contributed by atoms with Crippen molar-refractivity contribution < 1.29 is 28.3 Å². The molecule has 0 radical (unpaired) electrons. The van der Waals surface area contributed by atoms with Gasteiger partial charge in [-0.2, -0.15) is 0 Å². The molecule has 8 nitrogen and oxygen atoms in total. The third-order valence-electron chi connectivity index (χ3n) is 3.08. The standard InChI is InChI=1S/C17H16N2O6/c1-11(20)12-5-2-3-6-13(12)19-15(21)10-25-16(22)9-18-17(23)14-7-4-8-24-14/h2-8H,9-10H2,1H3,(H,18,23)(H,19,21). The fraction of sp³-hybridized carbons (Fsp3) is 0.176. The van der Waals surface area contributed by atoms with Crippen molar-refractivity contribution in [2.75, 3.05) is 18.5 Å². The van der Waals surface area contributed by atoms with Crippen LogP contribution in [0.25, 0.3) is 0 Å². The van der Waals surface area contributed by atoms with Crippen molar-refractivity contribution >= 4 is 29.3 Å². The second-order valence-electron chi connectivity index (χ2n) is 4.97. The van der Waals surface area contributed by atoms with Crippen molar-refractivity contribution in [1.29, 1.82) is 0 Å². The van der Waals surface area contributed by atoms with Gasteiger partial charge in [-0.3, -0.25) is 19.2 Å². The van der Waals surface area contributed by atoms with Crippen LogP contribution in [0.1, 0.15) is 27.8 Å². The van der Waals surface area contributed by atoms with Crippen LogP contribution in [0.15, 0.2) is 47.1 Å². The lowest BCUT2D eigenvalue weighted by molar-refractivity contribution is -0.146. The number of rotatable bonds is 7. The predicted octanol–water partition coefficient (Wildman–Crippen LogP) is 1.39. The first-order chi connectivity index (χ1) is 12.0. The number of Topliss-reactive ketones (excluding diaryl/α,β-unsaturated/α-hetero) is 1. The van der Waals surface area contributed by atoms with Crippen LogP contribution in [0.3, 0.4) is 0 Å². The fourth-order valence-corrected chi connectivity index (χ4v) is 1.93. The molecule has 0 aliphatic heterocycles. The summed E-state index contributed by atoms with van der Waals surface area (Å²) < 4.78 is 9.63. The van der Waals surface area contributed by atoms with E-state index < -0.39 is 30.9 Å². The molecule has 2 aromatic rings. The highest BCUT2D eigenvalue weighted by Gasteiger charge is 2.13. The monoisotopic (exact) mass is 344 g/mol. The Bertz CT molecular complexity index is 782. The summed E-state index contributed by atoms with van der Waals surface area (Å²) in [4.78, 5) is 46.4. The molecular formula is C17H16N2O6. The first-order valence-electron chi connectivity index (χ1n) is 7.34. The van der Waals surface area contributed by atoms with E-state index in [0.29, 0.717) is 11.3 Å². The minimum Gasteiger partial charge on any atom is -0.459 e. The van der Waals surface area contributed by atoms with Crippen molar-refractivity contribution in [3.05, 3.63) is 54.0 Å². The summed E-state index contributed by atoms with van der Waals surface area (Å²) in [6, 6.07) is 9.47. The van der Waals surface area contributed by atoms with Gasteiger partial charge in [-0.15, -0.1) is 0 Å². The second-order valence-corrected chi connectivity index (χ2v) is 4.97. The molecular weight excluding hydrogens is 328 g/mol. The number of hydrogen-bond donors (Lipinski definition) is 2. The molecule has 2 rings (SSSR count). The lowest BCUT2D eigenvalue weighted by Crippen LogP contribution is -2.32. The minimum absolute atomic E-state index is 0.0615. The van der Waals surface area contributed by atoms with Gasteiger partial charge in [0.1, 0.15) is 6.54 Å². The number of nitrogens with one attached hydrogen (secondary N) is 2. The summed E-state index contributed by atoms with van der Waals surface area (Å²) in [5, 5.41) is 4.79. The van der Waals surface area contributed by atoms with Gasteiger partial charge in [0.25, 0.3) is 11.8 Å². The molecule has 1 heterocycles. The number of ether oxygens (including phenoxy) is 1. The van der Waals surface area contributed by atoms with E-state index in [1.165, 1.54) is 25.3 Å². The number of benzene rings is 1. The summed E-state index contributed by atoms with van der Waals surface area (Å²) in [6.45, 7) is 0.436. The van der Waals surface area contributed by atoms with Crippen molar-refractivity contribution in [2.45, 2.75) is 6.92 Å². The quantitative estimate of drug-likeness (QED) is 0.579. The highest BCUT2D eigenvalue weighted by Crippen LogP contribution is 2.15. The Morgan fingerprint density at radius 2 is 1.84 bits per heavy atom. The Hall–Kier alpha value is -3.42. The molecule has 0 unspecified atom stereocenters. The van der Waals surface area contributed by atoms with Gasteiger partial charge >= 0.3 is 5.97 Å². The van der Waals surface area contributed by atoms with Crippen LogP contribution in [0.4, 0.5) is 5.69 Å². The Morgan fingerprint density at radius 1 is 1.08 bits per heavy atom. The van der Waals surface area contributed by atoms with Gasteiger partial charge in [0.15, 0.2) is 18.2 Å². The molecule has 0 spiro atoms. The topological polar surface area (TPSA) is 115 Å². The first kappa shape index (κ1) is 17.9. The van der Waals surface area contributed by atoms with E-state index in [1.54, 1.807) is 24.3 Å². The largest absolute Gasteiger partial charge is 0.459 e. The molecule has 1 aromatic carbocycles. The SMILES string of the molecule is CC(=O)c1ccccc1NC(=O)COC(=O)CNC(=O)c1ccco1. The van der Waals surface area contributed by atoms with Crippen LogP contribution in [0.5, 0.6) is 0 Å². The van der Waals surface area contributed by atoms with Crippen LogP contribution in [-0.4, -0.2) is 36.7 Å². The van der Waals surface area contributed by atoms with E-state index >= 15 is 0 Å². The van der Waals surface area contributed by atoms with Gasteiger partial charge < -0.3 is 19.8 Å². The van der Waals surface area contributed by atoms with E-state index in [-0.39, 0.29) is 11.5 Å². The maximum Gasteiger partial charge on any atom is 0.325 e. The third-order valence-corrected chi connectivity index (χ3v) is 3.08. The van der Waals surface area contributed by atoms with Gasteiger partial charge in [0.05, 0.1) is 12.0 Å². The number of amides is 2. The molecule has 0 fully saturated rings. The van der Waals surface area contributed by atoms with E-state index in [2.05, 4.69) is 10.6 Å². The van der Waals surface area contributed by atoms with Crippen molar-refractivity contribution in [3.8, 4) is 0 Å². The van der Waals surface area contributed by atoms with Gasteiger partial charge in [-0.25, -0.2) is 0 Å². The Labute approximate surface area is 143 Å². The number of ketones is 1. The highest BCUT2D eigenvalue weighted by molar-refractivity contribution is 6.04. The van der Waals surface area contributed by atoms with Crippen LogP contribution < -0.4 is 10.6 Å². The first-order valence-corrected chi connectivity index (χ1v) is 7.34. The predicted molar refractivity (Wildman–Crippen MR) is 87.1 cm³/mol. The number of hydrogen-bond acceptors (Lipinski definition) is 6. The lowest BCUT2D eigenvalue weighted by atomic mass is 10.1. The smallest absolute Gasteiger partial charge is 0.325 e. The Balaban J connectivity index is 1.77. The average molecular weight is 344 g/mol. The van der Waals surface area contributed by atoms with E-state index in [4.69, 9.17) is 9.15 Å². The zero-order valence-electron chi connectivity index (χ0n) is 13.4. The summed E-state index contributed by atoms with van der Waals surface area (Å²) in [5.74, 6) is -2.09. The highest BCUT2D eigenvalue weighted by atomic mass is 16.5. The lowest BCUT2D eigenvalue weighted by Gasteiger charge is -2.09. The molecule has 2 N–H and O–H groups in total.